The van der Waals surface area contributed by atoms with Crippen LogP contribution in [0.15, 0.2) is 0 Å². The Bertz CT molecular complexity index is 164. The maximum absolute atomic E-state index is 5.12. The van der Waals surface area contributed by atoms with Crippen LogP contribution in [-0.4, -0.2) is 6.61 Å². The van der Waals surface area contributed by atoms with E-state index in [2.05, 4.69) is 25.9 Å². The zero-order valence-corrected chi connectivity index (χ0v) is 10.2. The maximum atomic E-state index is 5.12. The van der Waals surface area contributed by atoms with E-state index in [-0.39, 0.29) is 0 Å². The lowest BCUT2D eigenvalue weighted by Gasteiger charge is -1.96. The molecule has 0 amide bonds. The minimum Gasteiger partial charge on any atom is -0.447 e. The molecule has 0 fully saturated rings. The number of ether oxygens (including phenoxy) is 1. The lowest BCUT2D eigenvalue weighted by atomic mass is 10.1. The van der Waals surface area contributed by atoms with Crippen molar-refractivity contribution >= 4 is 0 Å². The topological polar surface area (TPSA) is 9.23 Å². The van der Waals surface area contributed by atoms with Gasteiger partial charge in [-0.05, 0) is 12.8 Å². The molecule has 1 radical (unpaired) electrons. The third-order valence-corrected chi connectivity index (χ3v) is 2.30. The average molecular weight is 209 g/mol. The molecule has 15 heavy (non-hydrogen) atoms. The Kier molecular flexibility index (Phi) is 12.8. The van der Waals surface area contributed by atoms with Crippen LogP contribution in [-0.2, 0) is 4.74 Å². The van der Waals surface area contributed by atoms with Gasteiger partial charge in [0.15, 0.2) is 0 Å². The molecule has 0 saturated heterocycles. The van der Waals surface area contributed by atoms with Crippen LogP contribution >= 0.6 is 0 Å². The summed E-state index contributed by atoms with van der Waals surface area (Å²) >= 11 is 0. The van der Waals surface area contributed by atoms with Crippen molar-refractivity contribution < 1.29 is 4.74 Å². The van der Waals surface area contributed by atoms with Crippen molar-refractivity contribution in [2.75, 3.05) is 6.61 Å². The smallest absolute Gasteiger partial charge is 0.110 e. The molecule has 0 atom stereocenters. The predicted molar refractivity (Wildman–Crippen MR) is 66.3 cm³/mol. The van der Waals surface area contributed by atoms with E-state index in [1.165, 1.54) is 38.5 Å². The first-order chi connectivity index (χ1) is 7.41. The first kappa shape index (κ1) is 14.4. The second kappa shape index (κ2) is 13.4. The summed E-state index contributed by atoms with van der Waals surface area (Å²) in [7, 11) is 0. The fraction of sp³-hybridized carbons (Fsp3) is 0.786. The van der Waals surface area contributed by atoms with Crippen LogP contribution in [0.4, 0.5) is 0 Å². The Morgan fingerprint density at radius 2 is 1.73 bits per heavy atom. The minimum absolute atomic E-state index is 0.729. The molecule has 0 aromatic carbocycles. The van der Waals surface area contributed by atoms with Gasteiger partial charge in [-0.1, -0.05) is 58.3 Å². The molecule has 1 nitrogen and oxygen atoms in total. The summed E-state index contributed by atoms with van der Waals surface area (Å²) in [6.45, 7) is 6.71. The summed E-state index contributed by atoms with van der Waals surface area (Å²) < 4.78 is 5.12. The van der Waals surface area contributed by atoms with Gasteiger partial charge in [-0.2, -0.15) is 0 Å². The molecule has 0 aliphatic heterocycles. The quantitative estimate of drug-likeness (QED) is 0.406. The normalized spacial score (nSPS) is 9.47. The summed E-state index contributed by atoms with van der Waals surface area (Å²) in [4.78, 5) is 0. The Morgan fingerprint density at radius 3 is 2.47 bits per heavy atom. The van der Waals surface area contributed by atoms with Gasteiger partial charge in [-0.3, -0.25) is 0 Å². The van der Waals surface area contributed by atoms with E-state index in [4.69, 9.17) is 4.74 Å². The number of hydrogen-bond acceptors (Lipinski definition) is 1. The van der Waals surface area contributed by atoms with Crippen molar-refractivity contribution in [1.82, 2.24) is 0 Å². The number of rotatable bonds is 9. The molecule has 0 saturated carbocycles. The third kappa shape index (κ3) is 13.4. The summed E-state index contributed by atoms with van der Waals surface area (Å²) in [6, 6.07) is 0. The van der Waals surface area contributed by atoms with Crippen molar-refractivity contribution in [3.63, 3.8) is 0 Å². The highest BCUT2D eigenvalue weighted by atomic mass is 16.5. The molecule has 0 heterocycles. The molecule has 0 spiro atoms. The molecule has 0 aliphatic carbocycles. The van der Waals surface area contributed by atoms with Gasteiger partial charge in [0.05, 0.1) is 0 Å². The Balaban J connectivity index is 3.02. The first-order valence-corrected chi connectivity index (χ1v) is 6.30. The van der Waals surface area contributed by atoms with Crippen LogP contribution in [0, 0.1) is 19.0 Å². The highest BCUT2D eigenvalue weighted by Gasteiger charge is 1.87. The first-order valence-electron chi connectivity index (χ1n) is 6.30. The fourth-order valence-corrected chi connectivity index (χ4v) is 1.32. The summed E-state index contributed by atoms with van der Waals surface area (Å²) in [5.74, 6) is 3.04. The molecule has 1 heteroatoms. The van der Waals surface area contributed by atoms with E-state index in [0.717, 1.165) is 25.9 Å². The monoisotopic (exact) mass is 209 g/mol. The van der Waals surface area contributed by atoms with Crippen LogP contribution in [0.2, 0.25) is 0 Å². The van der Waals surface area contributed by atoms with Gasteiger partial charge in [0.2, 0.25) is 0 Å². The van der Waals surface area contributed by atoms with Gasteiger partial charge in [0.1, 0.15) is 12.7 Å². The van der Waals surface area contributed by atoms with Crippen molar-refractivity contribution in [3.8, 4) is 12.0 Å². The van der Waals surface area contributed by atoms with Crippen LogP contribution in [0.1, 0.15) is 64.7 Å². The number of hydrogen-bond donors (Lipinski definition) is 0. The van der Waals surface area contributed by atoms with Gasteiger partial charge in [-0.15, -0.1) is 0 Å². The van der Waals surface area contributed by atoms with Crippen LogP contribution < -0.4 is 0 Å². The second-order valence-electron chi connectivity index (χ2n) is 3.85. The minimum atomic E-state index is 0.729. The fourth-order valence-electron chi connectivity index (χ4n) is 1.32. The SMILES string of the molecule is [CH2]CCCOC#CCCCCCCCC. The number of unbranched alkanes of at least 4 members (excludes halogenated alkanes) is 7. The van der Waals surface area contributed by atoms with Crippen molar-refractivity contribution in [2.24, 2.45) is 0 Å². The molecular weight excluding hydrogens is 184 g/mol. The van der Waals surface area contributed by atoms with Gasteiger partial charge in [-0.25, -0.2) is 0 Å². The molecule has 0 N–H and O–H groups in total. The Labute approximate surface area is 95.6 Å². The zero-order valence-electron chi connectivity index (χ0n) is 10.2. The van der Waals surface area contributed by atoms with E-state index in [1.54, 1.807) is 0 Å². The molecule has 0 rings (SSSR count). The van der Waals surface area contributed by atoms with Crippen molar-refractivity contribution in [1.29, 1.82) is 0 Å². The third-order valence-electron chi connectivity index (χ3n) is 2.30. The molecule has 0 unspecified atom stereocenters. The molecule has 0 aromatic heterocycles. The maximum Gasteiger partial charge on any atom is 0.110 e. The molecule has 0 bridgehead atoms. The molecule has 0 aliphatic rings. The van der Waals surface area contributed by atoms with E-state index < -0.39 is 0 Å². The lowest BCUT2D eigenvalue weighted by Crippen LogP contribution is -1.85. The van der Waals surface area contributed by atoms with Crippen LogP contribution in [0.3, 0.4) is 0 Å². The van der Waals surface area contributed by atoms with Crippen LogP contribution in [0.5, 0.6) is 0 Å². The molecule has 87 valence electrons. The highest BCUT2D eigenvalue weighted by Crippen LogP contribution is 2.05. The Morgan fingerprint density at radius 1 is 1.00 bits per heavy atom. The van der Waals surface area contributed by atoms with Crippen molar-refractivity contribution in [3.05, 3.63) is 6.92 Å². The summed E-state index contributed by atoms with van der Waals surface area (Å²) in [5.41, 5.74) is 0. The highest BCUT2D eigenvalue weighted by molar-refractivity contribution is 4.90. The largest absolute Gasteiger partial charge is 0.447 e. The van der Waals surface area contributed by atoms with E-state index in [9.17, 15) is 0 Å². The van der Waals surface area contributed by atoms with Crippen LogP contribution in [0.25, 0.3) is 0 Å². The lowest BCUT2D eigenvalue weighted by molar-refractivity contribution is 0.272. The predicted octanol–water partition coefficient (Wildman–Crippen LogP) is 4.33. The van der Waals surface area contributed by atoms with Gasteiger partial charge >= 0.3 is 0 Å². The average Bonchev–Trinajstić information content (AvgIpc) is 2.26. The van der Waals surface area contributed by atoms with Gasteiger partial charge < -0.3 is 4.74 Å². The van der Waals surface area contributed by atoms with E-state index in [1.807, 2.05) is 0 Å². The summed E-state index contributed by atoms with van der Waals surface area (Å²) in [5, 5.41) is 0. The van der Waals surface area contributed by atoms with Crippen molar-refractivity contribution in [2.45, 2.75) is 64.7 Å². The molecular formula is C14H25O. The van der Waals surface area contributed by atoms with Gasteiger partial charge in [0.25, 0.3) is 0 Å². The molecule has 0 aromatic rings. The van der Waals surface area contributed by atoms with E-state index >= 15 is 0 Å². The van der Waals surface area contributed by atoms with E-state index in [0.29, 0.717) is 0 Å². The van der Waals surface area contributed by atoms with Gasteiger partial charge in [0, 0.05) is 6.42 Å². The summed E-state index contributed by atoms with van der Waals surface area (Å²) in [6.07, 6.45) is 13.6. The Hall–Kier alpha value is -0.640. The second-order valence-corrected chi connectivity index (χ2v) is 3.85. The standard InChI is InChI=1S/C14H25O/c1-3-5-7-8-9-10-11-12-14-15-13-6-4-2/h2-11,13H2,1H3. The zero-order chi connectivity index (χ0) is 11.2.